The molecule has 98 valence electrons. The number of carbonyl (C=O) groups is 1. The number of hydrogen-bond acceptors (Lipinski definition) is 5. The number of esters is 1. The summed E-state index contributed by atoms with van der Waals surface area (Å²) in [7, 11) is 0. The molecule has 1 aromatic carbocycles. The van der Waals surface area contributed by atoms with Gasteiger partial charge in [-0.25, -0.2) is 4.79 Å². The van der Waals surface area contributed by atoms with E-state index < -0.39 is 17.0 Å². The molecule has 6 nitrogen and oxygen atoms in total. The molecule has 0 fully saturated rings. The van der Waals surface area contributed by atoms with Crippen LogP contribution in [-0.2, 0) is 9.53 Å². The molecule has 0 N–H and O–H groups in total. The van der Waals surface area contributed by atoms with Gasteiger partial charge in [-0.3, -0.25) is 10.1 Å². The van der Waals surface area contributed by atoms with Crippen molar-refractivity contribution in [3.63, 3.8) is 0 Å². The highest BCUT2D eigenvalue weighted by molar-refractivity contribution is 6.32. The highest BCUT2D eigenvalue weighted by Crippen LogP contribution is 2.25. The average molecular weight is 281 g/mol. The lowest BCUT2D eigenvalue weighted by molar-refractivity contribution is -0.384. The molecule has 0 spiro atoms. The lowest BCUT2D eigenvalue weighted by Gasteiger charge is -2.01. The predicted molar refractivity (Wildman–Crippen MR) is 68.3 cm³/mol. The van der Waals surface area contributed by atoms with E-state index in [0.29, 0.717) is 5.56 Å². The van der Waals surface area contributed by atoms with Gasteiger partial charge in [0.1, 0.15) is 11.1 Å². The van der Waals surface area contributed by atoms with Gasteiger partial charge in [0.15, 0.2) is 6.10 Å². The zero-order valence-corrected chi connectivity index (χ0v) is 10.6. The number of nitro groups is 1. The minimum Gasteiger partial charge on any atom is -0.444 e. The minimum atomic E-state index is -0.850. The van der Waals surface area contributed by atoms with Crippen molar-refractivity contribution in [1.29, 1.82) is 5.26 Å². The number of halogens is 1. The molecule has 1 rings (SSSR count). The third-order valence-corrected chi connectivity index (χ3v) is 2.37. The quantitative estimate of drug-likeness (QED) is 0.366. The molecule has 0 saturated carbocycles. The van der Waals surface area contributed by atoms with E-state index in [1.807, 2.05) is 0 Å². The third-order valence-electron chi connectivity index (χ3n) is 2.05. The number of nitro benzene ring substituents is 1. The molecular weight excluding hydrogens is 272 g/mol. The van der Waals surface area contributed by atoms with Crippen LogP contribution >= 0.6 is 11.6 Å². The van der Waals surface area contributed by atoms with Gasteiger partial charge in [0, 0.05) is 12.1 Å². The van der Waals surface area contributed by atoms with Crippen LogP contribution < -0.4 is 0 Å². The highest BCUT2D eigenvalue weighted by atomic mass is 35.5. The lowest BCUT2D eigenvalue weighted by Crippen LogP contribution is -2.10. The Labute approximate surface area is 114 Å². The molecule has 1 atom stereocenters. The van der Waals surface area contributed by atoms with Crippen LogP contribution in [-0.4, -0.2) is 17.0 Å². The molecule has 19 heavy (non-hydrogen) atoms. The summed E-state index contributed by atoms with van der Waals surface area (Å²) >= 11 is 5.65. The third kappa shape index (κ3) is 4.41. The zero-order chi connectivity index (χ0) is 14.4. The molecule has 7 heteroatoms. The standard InChI is InChI=1S/C12H9ClN2O4/c1-8(7-14)19-12(16)5-3-9-2-4-10(13)11(6-9)15(17)18/h2-6,8H,1H3/b5-3+. The van der Waals surface area contributed by atoms with Gasteiger partial charge >= 0.3 is 5.97 Å². The Hall–Kier alpha value is -2.39. The zero-order valence-electron chi connectivity index (χ0n) is 9.87. The summed E-state index contributed by atoms with van der Waals surface area (Å²) in [6.07, 6.45) is 1.58. The Morgan fingerprint density at radius 1 is 1.63 bits per heavy atom. The number of nitrogens with zero attached hydrogens (tertiary/aromatic N) is 2. The van der Waals surface area contributed by atoms with Crippen LogP contribution in [0.25, 0.3) is 6.08 Å². The van der Waals surface area contributed by atoms with Crippen molar-refractivity contribution >= 4 is 29.3 Å². The Morgan fingerprint density at radius 3 is 2.89 bits per heavy atom. The van der Waals surface area contributed by atoms with E-state index >= 15 is 0 Å². The fourth-order valence-electron chi connectivity index (χ4n) is 1.18. The van der Waals surface area contributed by atoms with Gasteiger partial charge in [0.25, 0.3) is 5.69 Å². The predicted octanol–water partition coefficient (Wildman–Crippen LogP) is 2.72. The summed E-state index contributed by atoms with van der Waals surface area (Å²) in [5.41, 5.74) is 0.181. The van der Waals surface area contributed by atoms with E-state index in [-0.39, 0.29) is 10.7 Å². The largest absolute Gasteiger partial charge is 0.444 e. The maximum absolute atomic E-state index is 11.3. The van der Waals surface area contributed by atoms with Crippen molar-refractivity contribution < 1.29 is 14.5 Å². The summed E-state index contributed by atoms with van der Waals surface area (Å²) in [5, 5.41) is 19.1. The minimum absolute atomic E-state index is 0.0165. The van der Waals surface area contributed by atoms with E-state index in [1.54, 1.807) is 6.07 Å². The van der Waals surface area contributed by atoms with Crippen molar-refractivity contribution in [3.05, 3.63) is 45.0 Å². The summed E-state index contributed by atoms with van der Waals surface area (Å²) < 4.78 is 4.68. The topological polar surface area (TPSA) is 93.2 Å². The van der Waals surface area contributed by atoms with E-state index in [2.05, 4.69) is 4.74 Å². The van der Waals surface area contributed by atoms with Crippen LogP contribution in [0.5, 0.6) is 0 Å². The molecule has 0 aliphatic rings. The number of rotatable bonds is 4. The second-order valence-corrected chi connectivity index (χ2v) is 3.92. The SMILES string of the molecule is CC(C#N)OC(=O)/C=C/c1ccc(Cl)c([N+](=O)[O-])c1. The van der Waals surface area contributed by atoms with Gasteiger partial charge in [0.2, 0.25) is 0 Å². The maximum atomic E-state index is 11.3. The van der Waals surface area contributed by atoms with E-state index in [4.69, 9.17) is 16.9 Å². The Morgan fingerprint density at radius 2 is 2.32 bits per heavy atom. The molecule has 1 aromatic rings. The Bertz CT molecular complexity index is 578. The van der Waals surface area contributed by atoms with Crippen molar-refractivity contribution in [2.24, 2.45) is 0 Å². The molecule has 0 aromatic heterocycles. The first-order valence-electron chi connectivity index (χ1n) is 5.16. The number of hydrogen-bond donors (Lipinski definition) is 0. The first-order chi connectivity index (χ1) is 8.93. The van der Waals surface area contributed by atoms with Crippen LogP contribution in [0.2, 0.25) is 5.02 Å². The monoisotopic (exact) mass is 280 g/mol. The van der Waals surface area contributed by atoms with Gasteiger partial charge in [0.05, 0.1) is 4.92 Å². The van der Waals surface area contributed by atoms with Crippen LogP contribution in [0.1, 0.15) is 12.5 Å². The fraction of sp³-hybridized carbons (Fsp3) is 0.167. The first-order valence-corrected chi connectivity index (χ1v) is 5.54. The van der Waals surface area contributed by atoms with Crippen molar-refractivity contribution in [2.45, 2.75) is 13.0 Å². The fourth-order valence-corrected chi connectivity index (χ4v) is 1.36. The van der Waals surface area contributed by atoms with E-state index in [1.165, 1.54) is 31.2 Å². The van der Waals surface area contributed by atoms with Gasteiger partial charge in [-0.05, 0) is 24.6 Å². The molecule has 0 amide bonds. The second kappa shape index (κ2) is 6.52. The average Bonchev–Trinajstić information content (AvgIpc) is 2.37. The number of ether oxygens (including phenoxy) is 1. The van der Waals surface area contributed by atoms with Crippen molar-refractivity contribution in [3.8, 4) is 6.07 Å². The summed E-state index contributed by atoms with van der Waals surface area (Å²) in [4.78, 5) is 21.3. The van der Waals surface area contributed by atoms with Crippen molar-refractivity contribution in [1.82, 2.24) is 0 Å². The maximum Gasteiger partial charge on any atom is 0.332 e. The molecule has 0 aliphatic heterocycles. The second-order valence-electron chi connectivity index (χ2n) is 3.51. The summed E-state index contributed by atoms with van der Waals surface area (Å²) in [6, 6.07) is 5.86. The van der Waals surface area contributed by atoms with Crippen LogP contribution in [0.15, 0.2) is 24.3 Å². The number of nitriles is 1. The van der Waals surface area contributed by atoms with E-state index in [0.717, 1.165) is 6.08 Å². The van der Waals surface area contributed by atoms with Crippen molar-refractivity contribution in [2.75, 3.05) is 0 Å². The molecule has 0 heterocycles. The van der Waals surface area contributed by atoms with Gasteiger partial charge in [-0.1, -0.05) is 17.7 Å². The van der Waals surface area contributed by atoms with E-state index in [9.17, 15) is 14.9 Å². The highest BCUT2D eigenvalue weighted by Gasteiger charge is 2.12. The molecule has 0 bridgehead atoms. The molecular formula is C12H9ClN2O4. The Balaban J connectivity index is 2.83. The number of benzene rings is 1. The smallest absolute Gasteiger partial charge is 0.332 e. The summed E-state index contributed by atoms with van der Waals surface area (Å²) in [5.74, 6) is -0.702. The molecule has 0 saturated heterocycles. The Kier molecular flexibility index (Phi) is 5.03. The lowest BCUT2D eigenvalue weighted by atomic mass is 10.2. The van der Waals surface area contributed by atoms with Crippen LogP contribution in [0, 0.1) is 21.4 Å². The number of carbonyl (C=O) groups excluding carboxylic acids is 1. The first kappa shape index (κ1) is 14.7. The molecule has 0 aliphatic carbocycles. The van der Waals surface area contributed by atoms with Gasteiger partial charge in [-0.15, -0.1) is 0 Å². The van der Waals surface area contributed by atoms with Gasteiger partial charge < -0.3 is 4.74 Å². The molecule has 0 radical (unpaired) electrons. The van der Waals surface area contributed by atoms with Crippen LogP contribution in [0.3, 0.4) is 0 Å². The normalized spacial score (nSPS) is 11.8. The molecule has 1 unspecified atom stereocenters. The summed E-state index contributed by atoms with van der Waals surface area (Å²) in [6.45, 7) is 1.43. The van der Waals surface area contributed by atoms with Crippen LogP contribution in [0.4, 0.5) is 5.69 Å². The van der Waals surface area contributed by atoms with Gasteiger partial charge in [-0.2, -0.15) is 5.26 Å².